The number of ether oxygens (including phenoxy) is 1. The first-order valence-corrected chi connectivity index (χ1v) is 12.9. The van der Waals surface area contributed by atoms with Crippen LogP contribution < -0.4 is 14.7 Å². The molecule has 0 bridgehead atoms. The van der Waals surface area contributed by atoms with Crippen LogP contribution in [0.5, 0.6) is 0 Å². The SMILES string of the molecule is CCOC(=O)N1CCN(c2ccc(N3C(=S)N(c4cnc(C#N)c(C(F)(F)F)c4)C(=O)C34CCC4)cc2)CC1. The molecule has 2 amide bonds. The minimum atomic E-state index is -4.82. The lowest BCUT2D eigenvalue weighted by Crippen LogP contribution is -2.55. The molecule has 3 fully saturated rings. The molecule has 1 aliphatic carbocycles. The van der Waals surface area contributed by atoms with Gasteiger partial charge >= 0.3 is 12.3 Å². The largest absolute Gasteiger partial charge is 0.450 e. The van der Waals surface area contributed by atoms with E-state index in [1.807, 2.05) is 24.3 Å². The van der Waals surface area contributed by atoms with Crippen LogP contribution in [0.25, 0.3) is 0 Å². The van der Waals surface area contributed by atoms with Gasteiger partial charge in [-0.25, -0.2) is 9.78 Å². The Kier molecular flexibility index (Phi) is 6.84. The summed E-state index contributed by atoms with van der Waals surface area (Å²) in [7, 11) is 0. The molecule has 204 valence electrons. The molecule has 3 aliphatic rings. The molecule has 1 spiro atoms. The van der Waals surface area contributed by atoms with Crippen molar-refractivity contribution in [1.29, 1.82) is 5.26 Å². The Morgan fingerprint density at radius 3 is 2.31 bits per heavy atom. The Bertz CT molecular complexity index is 1350. The molecule has 1 aromatic heterocycles. The van der Waals surface area contributed by atoms with Crippen LogP contribution in [0.3, 0.4) is 0 Å². The Labute approximate surface area is 228 Å². The minimum Gasteiger partial charge on any atom is -0.450 e. The smallest absolute Gasteiger partial charge is 0.419 e. The average Bonchev–Trinajstić information content (AvgIpc) is 3.14. The number of pyridine rings is 1. The summed E-state index contributed by atoms with van der Waals surface area (Å²) in [4.78, 5) is 35.9. The predicted molar refractivity (Wildman–Crippen MR) is 140 cm³/mol. The molecule has 9 nitrogen and oxygen atoms in total. The second-order valence-electron chi connectivity index (χ2n) is 9.53. The number of hydrogen-bond acceptors (Lipinski definition) is 7. The van der Waals surface area contributed by atoms with Gasteiger partial charge < -0.3 is 19.4 Å². The Morgan fingerprint density at radius 2 is 1.77 bits per heavy atom. The van der Waals surface area contributed by atoms with E-state index in [-0.39, 0.29) is 16.9 Å². The number of aromatic nitrogens is 1. The van der Waals surface area contributed by atoms with Crippen LogP contribution >= 0.6 is 12.2 Å². The van der Waals surface area contributed by atoms with E-state index >= 15 is 0 Å². The lowest BCUT2D eigenvalue weighted by atomic mass is 9.75. The molecule has 5 rings (SSSR count). The van der Waals surface area contributed by atoms with Crippen molar-refractivity contribution < 1.29 is 27.5 Å². The normalized spacial score (nSPS) is 18.8. The maximum Gasteiger partial charge on any atom is 0.419 e. The van der Waals surface area contributed by atoms with Gasteiger partial charge in [-0.3, -0.25) is 9.69 Å². The highest BCUT2D eigenvalue weighted by molar-refractivity contribution is 7.81. The van der Waals surface area contributed by atoms with Gasteiger partial charge in [-0.1, -0.05) is 0 Å². The first-order valence-electron chi connectivity index (χ1n) is 12.5. The zero-order valence-electron chi connectivity index (χ0n) is 21.1. The highest BCUT2D eigenvalue weighted by Crippen LogP contribution is 2.48. The van der Waals surface area contributed by atoms with Crippen molar-refractivity contribution in [2.75, 3.05) is 47.5 Å². The zero-order chi connectivity index (χ0) is 27.9. The topological polar surface area (TPSA) is 93.0 Å². The first kappa shape index (κ1) is 26.7. The third-order valence-corrected chi connectivity index (χ3v) is 7.78. The summed E-state index contributed by atoms with van der Waals surface area (Å²) < 4.78 is 45.8. The molecule has 3 heterocycles. The maximum absolute atomic E-state index is 13.6. The van der Waals surface area contributed by atoms with Crippen molar-refractivity contribution in [2.45, 2.75) is 37.9 Å². The second kappa shape index (κ2) is 10.00. The van der Waals surface area contributed by atoms with Gasteiger partial charge in [0.15, 0.2) is 10.8 Å². The number of thiocarbonyl (C=S) groups is 1. The van der Waals surface area contributed by atoms with E-state index < -0.39 is 28.9 Å². The molecule has 1 aromatic carbocycles. The van der Waals surface area contributed by atoms with Crippen molar-refractivity contribution in [3.8, 4) is 6.07 Å². The van der Waals surface area contributed by atoms with Crippen LogP contribution in [0.2, 0.25) is 0 Å². The van der Waals surface area contributed by atoms with Gasteiger partial charge in [0.1, 0.15) is 11.6 Å². The molecule has 2 saturated heterocycles. The predicted octanol–water partition coefficient (Wildman–Crippen LogP) is 4.31. The van der Waals surface area contributed by atoms with Crippen LogP contribution in [-0.2, 0) is 15.7 Å². The van der Waals surface area contributed by atoms with E-state index in [1.54, 1.807) is 16.7 Å². The fraction of sp³-hybridized carbons (Fsp3) is 0.423. The highest BCUT2D eigenvalue weighted by atomic mass is 32.1. The lowest BCUT2D eigenvalue weighted by Gasteiger charge is -2.43. The van der Waals surface area contributed by atoms with E-state index in [0.29, 0.717) is 51.3 Å². The standard InChI is InChI=1S/C26H25F3N6O3S/c1-2-38-24(37)33-12-10-32(11-13-33)17-4-6-18(7-5-17)35-23(39)34(22(36)25(35)8-3-9-25)19-14-20(26(27,28)29)21(15-30)31-16-19/h4-7,14,16H,2-3,8-13H2,1H3. The summed E-state index contributed by atoms with van der Waals surface area (Å²) in [6.45, 7) is 4.41. The number of rotatable bonds is 4. The number of halogens is 3. The summed E-state index contributed by atoms with van der Waals surface area (Å²) in [5, 5.41) is 9.15. The van der Waals surface area contributed by atoms with Gasteiger partial charge in [-0.15, -0.1) is 0 Å². The summed E-state index contributed by atoms with van der Waals surface area (Å²) in [6.07, 6.45) is -2.27. The number of benzene rings is 1. The van der Waals surface area contributed by atoms with Crippen LogP contribution in [0.1, 0.15) is 37.4 Å². The number of alkyl halides is 3. The summed E-state index contributed by atoms with van der Waals surface area (Å²) in [5.74, 6) is -0.405. The van der Waals surface area contributed by atoms with Gasteiger partial charge in [0.05, 0.1) is 24.1 Å². The molecule has 1 saturated carbocycles. The van der Waals surface area contributed by atoms with Crippen LogP contribution in [-0.4, -0.2) is 65.3 Å². The van der Waals surface area contributed by atoms with Crippen molar-refractivity contribution in [1.82, 2.24) is 9.88 Å². The van der Waals surface area contributed by atoms with E-state index in [2.05, 4.69) is 9.88 Å². The van der Waals surface area contributed by atoms with Crippen molar-refractivity contribution in [2.24, 2.45) is 0 Å². The van der Waals surface area contributed by atoms with E-state index in [9.17, 15) is 22.8 Å². The number of anilines is 3. The van der Waals surface area contributed by atoms with Crippen molar-refractivity contribution in [3.63, 3.8) is 0 Å². The lowest BCUT2D eigenvalue weighted by molar-refractivity contribution is -0.138. The molecule has 13 heteroatoms. The quantitative estimate of drug-likeness (QED) is 0.513. The van der Waals surface area contributed by atoms with E-state index in [0.717, 1.165) is 29.3 Å². The molecule has 2 aromatic rings. The zero-order valence-corrected chi connectivity index (χ0v) is 21.9. The molecular formula is C26H25F3N6O3S. The number of piperazine rings is 1. The number of hydrogen-bond donors (Lipinski definition) is 0. The fourth-order valence-corrected chi connectivity index (χ4v) is 5.73. The van der Waals surface area contributed by atoms with E-state index in [1.165, 1.54) is 6.07 Å². The minimum absolute atomic E-state index is 0.0649. The van der Waals surface area contributed by atoms with Crippen LogP contribution in [0.15, 0.2) is 36.5 Å². The van der Waals surface area contributed by atoms with Gasteiger partial charge in [-0.2, -0.15) is 18.4 Å². The molecule has 0 unspecified atom stereocenters. The molecule has 0 N–H and O–H groups in total. The van der Waals surface area contributed by atoms with Crippen molar-refractivity contribution >= 4 is 46.4 Å². The van der Waals surface area contributed by atoms with Gasteiger partial charge in [-0.05, 0) is 68.7 Å². The maximum atomic E-state index is 13.6. The fourth-order valence-electron chi connectivity index (χ4n) is 5.26. The Morgan fingerprint density at radius 1 is 1.13 bits per heavy atom. The molecule has 0 radical (unpaired) electrons. The number of carbonyl (C=O) groups excluding carboxylic acids is 2. The van der Waals surface area contributed by atoms with Crippen LogP contribution in [0.4, 0.5) is 35.0 Å². The summed E-state index contributed by atoms with van der Waals surface area (Å²) >= 11 is 5.66. The number of carbonyl (C=O) groups is 2. The van der Waals surface area contributed by atoms with Gasteiger partial charge in [0, 0.05) is 37.6 Å². The molecular weight excluding hydrogens is 533 g/mol. The van der Waals surface area contributed by atoms with Crippen LogP contribution in [0, 0.1) is 11.3 Å². The van der Waals surface area contributed by atoms with Gasteiger partial charge in [0.25, 0.3) is 5.91 Å². The van der Waals surface area contributed by atoms with E-state index in [4.69, 9.17) is 22.2 Å². The average molecular weight is 559 g/mol. The highest BCUT2D eigenvalue weighted by Gasteiger charge is 2.59. The molecule has 39 heavy (non-hydrogen) atoms. The van der Waals surface area contributed by atoms with Gasteiger partial charge in [0.2, 0.25) is 0 Å². The Balaban J connectivity index is 1.39. The second-order valence-corrected chi connectivity index (χ2v) is 9.90. The third-order valence-electron chi connectivity index (χ3n) is 7.41. The number of amides is 2. The first-order chi connectivity index (χ1) is 18.6. The summed E-state index contributed by atoms with van der Waals surface area (Å²) in [5.41, 5.74) is -1.49. The number of nitriles is 1. The molecule has 0 atom stereocenters. The third kappa shape index (κ3) is 4.52. The monoisotopic (exact) mass is 558 g/mol. The molecule has 2 aliphatic heterocycles. The van der Waals surface area contributed by atoms with Crippen molar-refractivity contribution in [3.05, 3.63) is 47.8 Å². The Hall–Kier alpha value is -3.92. The summed E-state index contributed by atoms with van der Waals surface area (Å²) in [6, 6.07) is 9.70. The number of nitrogens with zero attached hydrogens (tertiary/aromatic N) is 6.